The standard InChI is InChI=1S/C24H31N3O/c1-19-8-3-6-12-22(19)27-16-14-26(15-17-27)18-24(28)25(2)23-13-7-10-20-9-4-5-11-21(20)23/h3-6,8-9,11-12,23H,7,10,13-18H2,1-2H3/t23-/m0/s1. The fourth-order valence-corrected chi connectivity index (χ4v) is 4.67. The van der Waals surface area contributed by atoms with Crippen molar-refractivity contribution in [2.45, 2.75) is 32.2 Å². The summed E-state index contributed by atoms with van der Waals surface area (Å²) >= 11 is 0. The maximum Gasteiger partial charge on any atom is 0.237 e. The Hall–Kier alpha value is -2.33. The summed E-state index contributed by atoms with van der Waals surface area (Å²) in [6.45, 7) is 6.53. The van der Waals surface area contributed by atoms with Crippen LogP contribution in [0.1, 0.15) is 35.6 Å². The minimum absolute atomic E-state index is 0.228. The lowest BCUT2D eigenvalue weighted by atomic mass is 9.87. The van der Waals surface area contributed by atoms with Gasteiger partial charge in [-0.2, -0.15) is 0 Å². The van der Waals surface area contributed by atoms with E-state index in [1.807, 2.05) is 11.9 Å². The van der Waals surface area contributed by atoms with Crippen LogP contribution in [0.2, 0.25) is 0 Å². The first-order valence-electron chi connectivity index (χ1n) is 10.5. The van der Waals surface area contributed by atoms with E-state index in [1.165, 1.54) is 22.4 Å². The number of anilines is 1. The van der Waals surface area contributed by atoms with Crippen molar-refractivity contribution in [3.8, 4) is 0 Å². The summed E-state index contributed by atoms with van der Waals surface area (Å²) in [7, 11) is 1.98. The number of nitrogens with zero attached hydrogens (tertiary/aromatic N) is 3. The molecule has 1 atom stereocenters. The first-order valence-corrected chi connectivity index (χ1v) is 10.5. The topological polar surface area (TPSA) is 26.8 Å². The van der Waals surface area contributed by atoms with E-state index < -0.39 is 0 Å². The highest BCUT2D eigenvalue weighted by atomic mass is 16.2. The van der Waals surface area contributed by atoms with Gasteiger partial charge in [0.05, 0.1) is 12.6 Å². The Bertz CT molecular complexity index is 826. The molecule has 0 aromatic heterocycles. The molecule has 0 radical (unpaired) electrons. The van der Waals surface area contributed by atoms with Crippen LogP contribution in [0, 0.1) is 6.92 Å². The van der Waals surface area contributed by atoms with E-state index in [4.69, 9.17) is 0 Å². The molecule has 0 spiro atoms. The smallest absolute Gasteiger partial charge is 0.237 e. The third kappa shape index (κ3) is 3.93. The van der Waals surface area contributed by atoms with Gasteiger partial charge in [-0.1, -0.05) is 42.5 Å². The Kier molecular flexibility index (Phi) is 5.67. The maximum absolute atomic E-state index is 13.0. The zero-order chi connectivity index (χ0) is 19.5. The summed E-state index contributed by atoms with van der Waals surface area (Å²) in [6.07, 6.45) is 3.37. The summed E-state index contributed by atoms with van der Waals surface area (Å²) in [5.41, 5.74) is 5.39. The zero-order valence-electron chi connectivity index (χ0n) is 17.1. The fraction of sp³-hybridized carbons (Fsp3) is 0.458. The van der Waals surface area contributed by atoms with Gasteiger partial charge >= 0.3 is 0 Å². The SMILES string of the molecule is Cc1ccccc1N1CCN(CC(=O)N(C)[C@H]2CCCc3ccccc32)CC1. The van der Waals surface area contributed by atoms with Gasteiger partial charge in [0.15, 0.2) is 0 Å². The predicted molar refractivity (Wildman–Crippen MR) is 115 cm³/mol. The Balaban J connectivity index is 1.34. The predicted octanol–water partition coefficient (Wildman–Crippen LogP) is 3.65. The number of fused-ring (bicyclic) bond motifs is 1. The number of piperazine rings is 1. The van der Waals surface area contributed by atoms with E-state index >= 15 is 0 Å². The normalized spacial score (nSPS) is 19.9. The lowest BCUT2D eigenvalue weighted by Gasteiger charge is -2.38. The maximum atomic E-state index is 13.0. The van der Waals surface area contributed by atoms with E-state index in [-0.39, 0.29) is 11.9 Å². The highest BCUT2D eigenvalue weighted by Gasteiger charge is 2.28. The van der Waals surface area contributed by atoms with Crippen molar-refractivity contribution in [2.24, 2.45) is 0 Å². The fourth-order valence-electron chi connectivity index (χ4n) is 4.67. The Morgan fingerprint density at radius 3 is 2.54 bits per heavy atom. The highest BCUT2D eigenvalue weighted by Crippen LogP contribution is 2.33. The lowest BCUT2D eigenvalue weighted by molar-refractivity contribution is -0.133. The molecule has 1 aliphatic carbocycles. The molecule has 1 fully saturated rings. The second-order valence-electron chi connectivity index (χ2n) is 8.16. The van der Waals surface area contributed by atoms with Gasteiger partial charge in [-0.05, 0) is 48.9 Å². The number of likely N-dealkylation sites (N-methyl/N-ethyl adjacent to an activating group) is 1. The van der Waals surface area contributed by atoms with Gasteiger partial charge in [-0.3, -0.25) is 9.69 Å². The number of hydrogen-bond donors (Lipinski definition) is 0. The van der Waals surface area contributed by atoms with Crippen molar-refractivity contribution >= 4 is 11.6 Å². The number of benzene rings is 2. The number of carbonyl (C=O) groups excluding carboxylic acids is 1. The van der Waals surface area contributed by atoms with Crippen molar-refractivity contribution < 1.29 is 4.79 Å². The lowest BCUT2D eigenvalue weighted by Crippen LogP contribution is -2.50. The van der Waals surface area contributed by atoms with Crippen molar-refractivity contribution in [2.75, 3.05) is 44.7 Å². The molecule has 0 saturated carbocycles. The quantitative estimate of drug-likeness (QED) is 0.814. The van der Waals surface area contributed by atoms with Crippen LogP contribution in [-0.4, -0.2) is 55.5 Å². The molecule has 1 heterocycles. The molecule has 0 N–H and O–H groups in total. The van der Waals surface area contributed by atoms with Crippen LogP contribution < -0.4 is 4.90 Å². The van der Waals surface area contributed by atoms with Crippen LogP contribution in [0.25, 0.3) is 0 Å². The van der Waals surface area contributed by atoms with Crippen molar-refractivity contribution in [1.82, 2.24) is 9.80 Å². The molecule has 2 aromatic rings. The third-order valence-corrected chi connectivity index (χ3v) is 6.39. The third-order valence-electron chi connectivity index (χ3n) is 6.39. The van der Waals surface area contributed by atoms with Gasteiger partial charge in [0.2, 0.25) is 5.91 Å². The van der Waals surface area contributed by atoms with Crippen LogP contribution >= 0.6 is 0 Å². The van der Waals surface area contributed by atoms with Crippen LogP contribution in [0.4, 0.5) is 5.69 Å². The number of hydrogen-bond acceptors (Lipinski definition) is 3. The van der Waals surface area contributed by atoms with Crippen molar-refractivity contribution in [1.29, 1.82) is 0 Å². The molecule has 4 heteroatoms. The molecular formula is C24H31N3O. The molecule has 1 aliphatic heterocycles. The molecule has 4 rings (SSSR count). The van der Waals surface area contributed by atoms with Crippen molar-refractivity contribution in [3.63, 3.8) is 0 Å². The molecular weight excluding hydrogens is 346 g/mol. The molecule has 0 bridgehead atoms. The zero-order valence-corrected chi connectivity index (χ0v) is 17.1. The number of rotatable bonds is 4. The van der Waals surface area contributed by atoms with E-state index in [2.05, 4.69) is 65.3 Å². The Morgan fingerprint density at radius 1 is 1.04 bits per heavy atom. The first-order chi connectivity index (χ1) is 13.6. The summed E-state index contributed by atoms with van der Waals surface area (Å²) in [5.74, 6) is 0.242. The van der Waals surface area contributed by atoms with Gasteiger partial charge in [-0.25, -0.2) is 0 Å². The highest BCUT2D eigenvalue weighted by molar-refractivity contribution is 5.78. The largest absolute Gasteiger partial charge is 0.369 e. The van der Waals surface area contributed by atoms with Crippen LogP contribution in [0.15, 0.2) is 48.5 Å². The summed E-state index contributed by atoms with van der Waals surface area (Å²) in [4.78, 5) is 19.7. The Morgan fingerprint density at radius 2 is 1.75 bits per heavy atom. The Labute approximate surface area is 168 Å². The average molecular weight is 378 g/mol. The number of para-hydroxylation sites is 1. The van der Waals surface area contributed by atoms with Gasteiger partial charge in [0.1, 0.15) is 0 Å². The number of amides is 1. The molecule has 148 valence electrons. The summed E-state index contributed by atoms with van der Waals surface area (Å²) in [6, 6.07) is 17.4. The second kappa shape index (κ2) is 8.36. The molecule has 1 saturated heterocycles. The average Bonchev–Trinajstić information content (AvgIpc) is 2.74. The number of carbonyl (C=O) groups is 1. The molecule has 28 heavy (non-hydrogen) atoms. The van der Waals surface area contributed by atoms with Crippen LogP contribution in [0.5, 0.6) is 0 Å². The van der Waals surface area contributed by atoms with Crippen molar-refractivity contribution in [3.05, 3.63) is 65.2 Å². The monoisotopic (exact) mass is 377 g/mol. The summed E-state index contributed by atoms with van der Waals surface area (Å²) < 4.78 is 0. The van der Waals surface area contributed by atoms with Gasteiger partial charge in [0, 0.05) is 38.9 Å². The van der Waals surface area contributed by atoms with Crippen LogP contribution in [0.3, 0.4) is 0 Å². The second-order valence-corrected chi connectivity index (χ2v) is 8.16. The molecule has 4 nitrogen and oxygen atoms in total. The molecule has 1 amide bonds. The minimum atomic E-state index is 0.228. The van der Waals surface area contributed by atoms with Crippen LogP contribution in [-0.2, 0) is 11.2 Å². The van der Waals surface area contributed by atoms with Gasteiger partial charge in [0.25, 0.3) is 0 Å². The summed E-state index contributed by atoms with van der Waals surface area (Å²) in [5, 5.41) is 0. The molecule has 2 aromatic carbocycles. The van der Waals surface area contributed by atoms with E-state index in [0.29, 0.717) is 6.54 Å². The van der Waals surface area contributed by atoms with E-state index in [1.54, 1.807) is 0 Å². The number of aryl methyl sites for hydroxylation is 2. The molecule has 0 unspecified atom stereocenters. The van der Waals surface area contributed by atoms with E-state index in [0.717, 1.165) is 45.4 Å². The first kappa shape index (κ1) is 19.0. The molecule has 2 aliphatic rings. The minimum Gasteiger partial charge on any atom is -0.369 e. The van der Waals surface area contributed by atoms with Gasteiger partial charge < -0.3 is 9.80 Å². The van der Waals surface area contributed by atoms with Gasteiger partial charge in [-0.15, -0.1) is 0 Å². The van der Waals surface area contributed by atoms with E-state index in [9.17, 15) is 4.79 Å².